The minimum Gasteiger partial charge on any atom is -0.478 e. The molecule has 2 amide bonds. The Labute approximate surface area is 192 Å². The van der Waals surface area contributed by atoms with Gasteiger partial charge in [-0.1, -0.05) is 0 Å². The van der Waals surface area contributed by atoms with Crippen LogP contribution in [0.4, 0.5) is 10.7 Å². The summed E-state index contributed by atoms with van der Waals surface area (Å²) >= 11 is 0.885. The van der Waals surface area contributed by atoms with E-state index < -0.39 is 33.9 Å². The van der Waals surface area contributed by atoms with E-state index in [1.807, 2.05) is 0 Å². The third-order valence-electron chi connectivity index (χ3n) is 4.72. The van der Waals surface area contributed by atoms with Gasteiger partial charge in [-0.05, 0) is 42.8 Å². The van der Waals surface area contributed by atoms with Crippen molar-refractivity contribution in [3.8, 4) is 0 Å². The second-order valence-corrected chi connectivity index (χ2v) is 9.85. The summed E-state index contributed by atoms with van der Waals surface area (Å²) in [4.78, 5) is 45.7. The van der Waals surface area contributed by atoms with Gasteiger partial charge in [0.1, 0.15) is 5.00 Å². The zero-order valence-electron chi connectivity index (χ0n) is 17.2. The van der Waals surface area contributed by atoms with Crippen LogP contribution in [0.1, 0.15) is 33.8 Å². The lowest BCUT2D eigenvalue weighted by Crippen LogP contribution is -2.38. The number of carboxylic acids is 2. The molecule has 1 aromatic heterocycles. The average molecular weight is 497 g/mol. The Morgan fingerprint density at radius 1 is 1.12 bits per heavy atom. The summed E-state index contributed by atoms with van der Waals surface area (Å²) in [5.74, 6) is -4.75. The smallest absolute Gasteiger partial charge is 0.394 e. The van der Waals surface area contributed by atoms with E-state index in [9.17, 15) is 32.7 Å². The molecule has 3 rings (SSSR count). The molecule has 0 aliphatic carbocycles. The minimum absolute atomic E-state index is 0.0283. The molecular weight excluding hydrogens is 476 g/mol. The van der Waals surface area contributed by atoms with Crippen molar-refractivity contribution < 1.29 is 37.8 Å². The van der Waals surface area contributed by atoms with E-state index in [1.54, 1.807) is 0 Å². The van der Waals surface area contributed by atoms with Crippen molar-refractivity contribution in [3.05, 3.63) is 40.3 Å². The number of carbonyl (C=O) groups is 4. The number of aliphatic carboxylic acids is 1. The number of nitrogens with one attached hydrogen (secondary N) is 4. The van der Waals surface area contributed by atoms with Crippen molar-refractivity contribution in [3.63, 3.8) is 0 Å². The first-order valence-electron chi connectivity index (χ1n) is 9.53. The molecule has 1 aliphatic heterocycles. The summed E-state index contributed by atoms with van der Waals surface area (Å²) in [7, 11) is -3.92. The fourth-order valence-electron chi connectivity index (χ4n) is 3.31. The molecule has 176 valence electrons. The van der Waals surface area contributed by atoms with Crippen LogP contribution in [0.15, 0.2) is 29.2 Å². The molecule has 2 heterocycles. The summed E-state index contributed by atoms with van der Waals surface area (Å²) in [5, 5.41) is 26.0. The highest BCUT2D eigenvalue weighted by Crippen LogP contribution is 2.39. The first-order valence-corrected chi connectivity index (χ1v) is 11.8. The number of rotatable bonds is 7. The number of carboxylic acid groups (broad SMARTS) is 2. The maximum atomic E-state index is 12.7. The minimum atomic E-state index is -3.92. The van der Waals surface area contributed by atoms with E-state index in [0.717, 1.165) is 11.3 Å². The fourth-order valence-corrected chi connectivity index (χ4v) is 5.67. The topological polar surface area (TPSA) is 191 Å². The van der Waals surface area contributed by atoms with E-state index in [2.05, 4.69) is 20.7 Å². The van der Waals surface area contributed by atoms with Gasteiger partial charge in [-0.3, -0.25) is 9.59 Å². The van der Waals surface area contributed by atoms with Crippen LogP contribution in [-0.4, -0.2) is 55.5 Å². The van der Waals surface area contributed by atoms with E-state index in [0.29, 0.717) is 29.1 Å². The highest BCUT2D eigenvalue weighted by molar-refractivity contribution is 7.89. The Morgan fingerprint density at radius 3 is 2.36 bits per heavy atom. The quantitative estimate of drug-likeness (QED) is 0.298. The van der Waals surface area contributed by atoms with Gasteiger partial charge in [0, 0.05) is 24.0 Å². The summed E-state index contributed by atoms with van der Waals surface area (Å²) in [6, 6.07) is 4.97. The summed E-state index contributed by atoms with van der Waals surface area (Å²) in [6.45, 7) is 1.57. The Hall–Kier alpha value is -3.33. The van der Waals surface area contributed by atoms with Crippen LogP contribution in [0, 0.1) is 0 Å². The number of anilines is 2. The highest BCUT2D eigenvalue weighted by Gasteiger charge is 2.32. The van der Waals surface area contributed by atoms with Gasteiger partial charge in [-0.15, -0.1) is 11.3 Å². The molecule has 0 fully saturated rings. The Morgan fingerprint density at radius 2 is 1.79 bits per heavy atom. The standard InChI is InChI=1S/C19H20N4O8S2/c1-9(24)22-10-2-4-11(5-3-10)33(30,31)21-8-13-15-12(6-7-20-13)14(18(26)27)17(32-15)23-16(25)19(28)29/h2-5,13,20-21H,6-8H2,1H3,(H,22,24)(H,23,25)(H,26,27)(H,28,29)/t13-/m0/s1. The van der Waals surface area contributed by atoms with Gasteiger partial charge in [-0.25, -0.2) is 22.7 Å². The predicted octanol–water partition coefficient (Wildman–Crippen LogP) is 0.593. The molecule has 0 bridgehead atoms. The van der Waals surface area contributed by atoms with Gasteiger partial charge in [0.05, 0.1) is 16.5 Å². The third kappa shape index (κ3) is 5.54. The molecule has 0 saturated heterocycles. The number of benzene rings is 1. The Kier molecular flexibility index (Phi) is 7.12. The number of sulfonamides is 1. The van der Waals surface area contributed by atoms with Crippen LogP contribution in [0.3, 0.4) is 0 Å². The van der Waals surface area contributed by atoms with Gasteiger partial charge in [-0.2, -0.15) is 0 Å². The second kappa shape index (κ2) is 9.66. The molecule has 1 aromatic carbocycles. The number of thiophene rings is 1. The molecule has 2 aromatic rings. The first kappa shape index (κ1) is 24.3. The number of aromatic carboxylic acids is 1. The molecule has 0 saturated carbocycles. The van der Waals surface area contributed by atoms with Crippen LogP contribution in [0.5, 0.6) is 0 Å². The summed E-state index contributed by atoms with van der Waals surface area (Å²) in [6.07, 6.45) is 0.310. The lowest BCUT2D eigenvalue weighted by molar-refractivity contribution is -0.147. The van der Waals surface area contributed by atoms with Crippen molar-refractivity contribution in [2.75, 3.05) is 23.7 Å². The van der Waals surface area contributed by atoms with Gasteiger partial charge < -0.3 is 26.2 Å². The molecule has 33 heavy (non-hydrogen) atoms. The van der Waals surface area contributed by atoms with Crippen molar-refractivity contribution >= 4 is 55.8 Å². The lowest BCUT2D eigenvalue weighted by Gasteiger charge is -2.24. The number of carbonyl (C=O) groups excluding carboxylic acids is 2. The molecule has 0 radical (unpaired) electrons. The third-order valence-corrected chi connectivity index (χ3v) is 7.42. The largest absolute Gasteiger partial charge is 0.478 e. The van der Waals surface area contributed by atoms with E-state index in [1.165, 1.54) is 31.2 Å². The molecule has 1 atom stereocenters. The molecule has 0 spiro atoms. The van der Waals surface area contributed by atoms with Crippen LogP contribution >= 0.6 is 11.3 Å². The number of hydrogen-bond donors (Lipinski definition) is 6. The normalized spacial score (nSPS) is 15.4. The van der Waals surface area contributed by atoms with E-state index in [-0.39, 0.29) is 27.9 Å². The number of fused-ring (bicyclic) bond motifs is 1. The zero-order valence-corrected chi connectivity index (χ0v) is 18.8. The van der Waals surface area contributed by atoms with Gasteiger partial charge in [0.15, 0.2) is 0 Å². The molecule has 6 N–H and O–H groups in total. The van der Waals surface area contributed by atoms with Crippen LogP contribution in [0.2, 0.25) is 0 Å². The van der Waals surface area contributed by atoms with E-state index >= 15 is 0 Å². The fraction of sp³-hybridized carbons (Fsp3) is 0.263. The molecule has 1 aliphatic rings. The Bertz CT molecular complexity index is 1220. The predicted molar refractivity (Wildman–Crippen MR) is 118 cm³/mol. The highest BCUT2D eigenvalue weighted by atomic mass is 32.2. The molecular formula is C19H20N4O8S2. The van der Waals surface area contributed by atoms with Crippen LogP contribution < -0.4 is 20.7 Å². The summed E-state index contributed by atoms with van der Waals surface area (Å²) < 4.78 is 27.8. The second-order valence-electron chi connectivity index (χ2n) is 7.03. The van der Waals surface area contributed by atoms with Crippen LogP contribution in [0.25, 0.3) is 0 Å². The van der Waals surface area contributed by atoms with Gasteiger partial charge >= 0.3 is 17.8 Å². The molecule has 12 nitrogen and oxygen atoms in total. The SMILES string of the molecule is CC(=O)Nc1ccc(S(=O)(=O)NC[C@@H]2NCCc3c2sc(NC(=O)C(=O)O)c3C(=O)O)cc1. The number of hydrogen-bond acceptors (Lipinski definition) is 8. The Balaban J connectivity index is 1.81. The average Bonchev–Trinajstić information content (AvgIpc) is 3.10. The lowest BCUT2D eigenvalue weighted by atomic mass is 9.99. The zero-order chi connectivity index (χ0) is 24.3. The van der Waals surface area contributed by atoms with Gasteiger partial charge in [0.2, 0.25) is 15.9 Å². The maximum Gasteiger partial charge on any atom is 0.394 e. The van der Waals surface area contributed by atoms with E-state index in [4.69, 9.17) is 5.11 Å². The molecule has 0 unspecified atom stereocenters. The summed E-state index contributed by atoms with van der Waals surface area (Å²) in [5.41, 5.74) is 0.652. The van der Waals surface area contributed by atoms with Crippen molar-refractivity contribution in [2.45, 2.75) is 24.3 Å². The maximum absolute atomic E-state index is 12.7. The van der Waals surface area contributed by atoms with Crippen molar-refractivity contribution in [1.82, 2.24) is 10.0 Å². The van der Waals surface area contributed by atoms with Gasteiger partial charge in [0.25, 0.3) is 0 Å². The molecule has 14 heteroatoms. The van der Waals surface area contributed by atoms with Crippen LogP contribution in [-0.2, 0) is 30.8 Å². The van der Waals surface area contributed by atoms with Crippen molar-refractivity contribution in [2.24, 2.45) is 0 Å². The monoisotopic (exact) mass is 496 g/mol. The first-order chi connectivity index (χ1) is 15.5. The van der Waals surface area contributed by atoms with Crippen molar-refractivity contribution in [1.29, 1.82) is 0 Å². The number of amides is 2.